The zero-order chi connectivity index (χ0) is 22.6. The number of nitrogens with zero attached hydrogens (tertiary/aromatic N) is 1. The Labute approximate surface area is 183 Å². The van der Waals surface area contributed by atoms with Gasteiger partial charge in [0.05, 0.1) is 17.7 Å². The van der Waals surface area contributed by atoms with Gasteiger partial charge in [-0.05, 0) is 62.2 Å². The third-order valence-electron chi connectivity index (χ3n) is 4.98. The van der Waals surface area contributed by atoms with Crippen molar-refractivity contribution >= 4 is 21.6 Å². The van der Waals surface area contributed by atoms with Crippen molar-refractivity contribution in [2.24, 2.45) is 0 Å². The Morgan fingerprint density at radius 2 is 1.55 bits per heavy atom. The summed E-state index contributed by atoms with van der Waals surface area (Å²) >= 11 is 0. The lowest BCUT2D eigenvalue weighted by Gasteiger charge is -2.27. The van der Waals surface area contributed by atoms with Gasteiger partial charge in [-0.1, -0.05) is 36.4 Å². The van der Waals surface area contributed by atoms with E-state index in [0.29, 0.717) is 22.7 Å². The predicted molar refractivity (Wildman–Crippen MR) is 120 cm³/mol. The molecule has 1 unspecified atom stereocenters. The van der Waals surface area contributed by atoms with Crippen LogP contribution in [-0.2, 0) is 14.8 Å². The number of carbonyl (C=O) groups excluding carboxylic acids is 1. The summed E-state index contributed by atoms with van der Waals surface area (Å²) in [5.74, 6) is 0.277. The molecule has 31 heavy (non-hydrogen) atoms. The molecule has 0 saturated carbocycles. The minimum Gasteiger partial charge on any atom is -0.497 e. The first-order chi connectivity index (χ1) is 14.8. The molecule has 0 aliphatic rings. The van der Waals surface area contributed by atoms with E-state index in [1.165, 1.54) is 26.2 Å². The number of anilines is 1. The highest BCUT2D eigenvalue weighted by Gasteiger charge is 2.35. The predicted octanol–water partition coefficient (Wildman–Crippen LogP) is 4.50. The van der Waals surface area contributed by atoms with Crippen LogP contribution >= 0.6 is 0 Å². The van der Waals surface area contributed by atoms with Crippen LogP contribution in [0.4, 0.5) is 5.69 Å². The Hall–Kier alpha value is -3.32. The zero-order valence-corrected chi connectivity index (χ0v) is 18.7. The third-order valence-corrected chi connectivity index (χ3v) is 6.70. The summed E-state index contributed by atoms with van der Waals surface area (Å²) in [6, 6.07) is 19.9. The largest absolute Gasteiger partial charge is 0.497 e. The van der Waals surface area contributed by atoms with E-state index in [9.17, 15) is 13.2 Å². The standard InChI is InChI=1S/C24H25NO5S/c1-17-10-8-15-23(18(17)2)25(31(27,28)22-13-6-5-7-14-22)24(26)19(3)30-21-12-9-11-20(16-21)29-4/h5-16,19H,1-4H3. The second kappa shape index (κ2) is 9.22. The molecule has 1 atom stereocenters. The Morgan fingerprint density at radius 1 is 0.903 bits per heavy atom. The minimum atomic E-state index is -4.16. The molecular weight excluding hydrogens is 414 g/mol. The average molecular weight is 440 g/mol. The number of carbonyl (C=O) groups is 1. The van der Waals surface area contributed by atoms with E-state index in [0.717, 1.165) is 9.87 Å². The fourth-order valence-electron chi connectivity index (χ4n) is 3.11. The molecule has 0 fully saturated rings. The fraction of sp³-hybridized carbons (Fsp3) is 0.208. The lowest BCUT2D eigenvalue weighted by Crippen LogP contribution is -2.44. The van der Waals surface area contributed by atoms with Gasteiger partial charge in [0.1, 0.15) is 11.5 Å². The molecule has 3 aromatic rings. The van der Waals surface area contributed by atoms with Crippen molar-refractivity contribution in [3.05, 3.63) is 83.9 Å². The Morgan fingerprint density at radius 3 is 2.23 bits per heavy atom. The number of methoxy groups -OCH3 is 1. The number of amides is 1. The van der Waals surface area contributed by atoms with Gasteiger partial charge in [0, 0.05) is 6.07 Å². The molecule has 6 nitrogen and oxygen atoms in total. The normalized spacial score (nSPS) is 12.1. The molecule has 0 radical (unpaired) electrons. The first-order valence-corrected chi connectivity index (χ1v) is 11.2. The van der Waals surface area contributed by atoms with Crippen molar-refractivity contribution in [2.75, 3.05) is 11.4 Å². The first-order valence-electron chi connectivity index (χ1n) is 9.77. The van der Waals surface area contributed by atoms with E-state index in [1.54, 1.807) is 61.5 Å². The Kier molecular flexibility index (Phi) is 6.65. The lowest BCUT2D eigenvalue weighted by molar-refractivity contribution is -0.123. The van der Waals surface area contributed by atoms with E-state index in [2.05, 4.69) is 0 Å². The van der Waals surface area contributed by atoms with E-state index in [4.69, 9.17) is 9.47 Å². The molecule has 0 heterocycles. The molecule has 0 aliphatic carbocycles. The molecule has 0 spiro atoms. The summed E-state index contributed by atoms with van der Waals surface area (Å²) < 4.78 is 38.9. The van der Waals surface area contributed by atoms with Gasteiger partial charge in [0.25, 0.3) is 15.9 Å². The van der Waals surface area contributed by atoms with Gasteiger partial charge >= 0.3 is 0 Å². The molecule has 0 aromatic heterocycles. The maximum atomic E-state index is 13.5. The maximum Gasteiger partial charge on any atom is 0.281 e. The number of rotatable bonds is 7. The van der Waals surface area contributed by atoms with Gasteiger partial charge in [0.15, 0.2) is 6.10 Å². The molecule has 3 rings (SSSR count). The van der Waals surface area contributed by atoms with E-state index in [1.807, 2.05) is 13.0 Å². The number of hydrogen-bond donors (Lipinski definition) is 0. The van der Waals surface area contributed by atoms with Crippen LogP contribution in [0.5, 0.6) is 11.5 Å². The number of ether oxygens (including phenoxy) is 2. The van der Waals surface area contributed by atoms with Crippen molar-refractivity contribution < 1.29 is 22.7 Å². The topological polar surface area (TPSA) is 72.9 Å². The van der Waals surface area contributed by atoms with Crippen LogP contribution in [0.3, 0.4) is 0 Å². The highest BCUT2D eigenvalue weighted by molar-refractivity contribution is 7.93. The minimum absolute atomic E-state index is 0.0258. The van der Waals surface area contributed by atoms with Crippen LogP contribution in [0.1, 0.15) is 18.1 Å². The van der Waals surface area contributed by atoms with Crippen molar-refractivity contribution in [3.63, 3.8) is 0 Å². The maximum absolute atomic E-state index is 13.5. The van der Waals surface area contributed by atoms with Crippen molar-refractivity contribution in [1.29, 1.82) is 0 Å². The van der Waals surface area contributed by atoms with E-state index >= 15 is 0 Å². The number of sulfonamides is 1. The molecule has 0 aliphatic heterocycles. The zero-order valence-electron chi connectivity index (χ0n) is 17.9. The molecule has 162 valence electrons. The van der Waals surface area contributed by atoms with Gasteiger partial charge in [-0.25, -0.2) is 8.42 Å². The molecule has 0 N–H and O–H groups in total. The SMILES string of the molecule is COc1cccc(OC(C)C(=O)N(c2cccc(C)c2C)S(=O)(=O)c2ccccc2)c1. The first kappa shape index (κ1) is 22.4. The van der Waals surface area contributed by atoms with Crippen LogP contribution in [0.15, 0.2) is 77.7 Å². The molecule has 0 saturated heterocycles. The highest BCUT2D eigenvalue weighted by Crippen LogP contribution is 2.30. The van der Waals surface area contributed by atoms with E-state index < -0.39 is 22.0 Å². The molecular formula is C24H25NO5S. The fourth-order valence-corrected chi connectivity index (χ4v) is 4.67. The van der Waals surface area contributed by atoms with Gasteiger partial charge in [-0.15, -0.1) is 0 Å². The van der Waals surface area contributed by atoms with Gasteiger partial charge < -0.3 is 9.47 Å². The van der Waals surface area contributed by atoms with Gasteiger partial charge in [-0.3, -0.25) is 4.79 Å². The third kappa shape index (κ3) is 4.72. The molecule has 7 heteroatoms. The molecule has 0 bridgehead atoms. The van der Waals surface area contributed by atoms with Crippen molar-refractivity contribution in [1.82, 2.24) is 0 Å². The van der Waals surface area contributed by atoms with Crippen LogP contribution < -0.4 is 13.8 Å². The summed E-state index contributed by atoms with van der Waals surface area (Å²) in [5, 5.41) is 0. The average Bonchev–Trinajstić information content (AvgIpc) is 2.77. The van der Waals surface area contributed by atoms with Crippen LogP contribution in [0.2, 0.25) is 0 Å². The second-order valence-corrected chi connectivity index (χ2v) is 8.87. The highest BCUT2D eigenvalue weighted by atomic mass is 32.2. The summed E-state index contributed by atoms with van der Waals surface area (Å²) in [6.45, 7) is 5.19. The molecule has 1 amide bonds. The summed E-state index contributed by atoms with van der Waals surface area (Å²) in [4.78, 5) is 13.5. The van der Waals surface area contributed by atoms with Crippen LogP contribution in [0.25, 0.3) is 0 Å². The van der Waals surface area contributed by atoms with Gasteiger partial charge in [0.2, 0.25) is 0 Å². The molecule has 3 aromatic carbocycles. The van der Waals surface area contributed by atoms with Crippen molar-refractivity contribution in [2.45, 2.75) is 31.8 Å². The summed E-state index contributed by atoms with van der Waals surface area (Å²) in [6.07, 6.45) is -1.06. The number of hydrogen-bond acceptors (Lipinski definition) is 5. The van der Waals surface area contributed by atoms with E-state index in [-0.39, 0.29) is 4.90 Å². The summed E-state index contributed by atoms with van der Waals surface area (Å²) in [5.41, 5.74) is 1.87. The van der Waals surface area contributed by atoms with Crippen LogP contribution in [0, 0.1) is 13.8 Å². The van der Waals surface area contributed by atoms with Gasteiger partial charge in [-0.2, -0.15) is 4.31 Å². The monoisotopic (exact) mass is 439 g/mol. The number of benzene rings is 3. The van der Waals surface area contributed by atoms with Crippen molar-refractivity contribution in [3.8, 4) is 11.5 Å². The lowest BCUT2D eigenvalue weighted by atomic mass is 10.1. The summed E-state index contributed by atoms with van der Waals surface area (Å²) in [7, 11) is -2.63. The smallest absolute Gasteiger partial charge is 0.281 e. The van der Waals surface area contributed by atoms with Crippen LogP contribution in [-0.4, -0.2) is 27.5 Å². The number of aryl methyl sites for hydroxylation is 1. The second-order valence-electron chi connectivity index (χ2n) is 7.08. The Balaban J connectivity index is 2.05. The quantitative estimate of drug-likeness (QED) is 0.542. The Bertz CT molecular complexity index is 1180.